The lowest BCUT2D eigenvalue weighted by atomic mass is 9.85. The summed E-state index contributed by atoms with van der Waals surface area (Å²) in [5.41, 5.74) is 3.28. The molecule has 2 aromatic carbocycles. The number of ether oxygens (including phenoxy) is 3. The van der Waals surface area contributed by atoms with E-state index < -0.39 is 6.04 Å². The third-order valence-electron chi connectivity index (χ3n) is 5.95. The van der Waals surface area contributed by atoms with Crippen LogP contribution in [-0.2, 0) is 4.79 Å². The predicted octanol–water partition coefficient (Wildman–Crippen LogP) is 3.99. The first-order chi connectivity index (χ1) is 15.6. The Hall–Kier alpha value is -3.81. The molecule has 5 rings (SSSR count). The highest BCUT2D eigenvalue weighted by Crippen LogP contribution is 2.44. The number of aromatic nitrogens is 3. The van der Waals surface area contributed by atoms with Gasteiger partial charge in [-0.15, -0.1) is 5.10 Å². The van der Waals surface area contributed by atoms with Crippen molar-refractivity contribution < 1.29 is 19.0 Å². The molecule has 2 aliphatic rings. The van der Waals surface area contributed by atoms with Crippen molar-refractivity contribution in [2.24, 2.45) is 0 Å². The van der Waals surface area contributed by atoms with Gasteiger partial charge in [0.2, 0.25) is 5.95 Å². The molecule has 0 unspecified atom stereocenters. The first-order valence-corrected chi connectivity index (χ1v) is 10.5. The number of anilines is 1. The molecule has 1 aliphatic carbocycles. The summed E-state index contributed by atoms with van der Waals surface area (Å²) in [6, 6.07) is 12.7. The molecule has 164 valence electrons. The highest BCUT2D eigenvalue weighted by molar-refractivity contribution is 5.99. The number of hydrogen-bond acceptors (Lipinski definition) is 7. The van der Waals surface area contributed by atoms with E-state index in [1.807, 2.05) is 42.5 Å². The van der Waals surface area contributed by atoms with E-state index in [1.54, 1.807) is 26.0 Å². The van der Waals surface area contributed by atoms with Gasteiger partial charge in [0.1, 0.15) is 23.3 Å². The van der Waals surface area contributed by atoms with Crippen LogP contribution in [0.15, 0.2) is 53.7 Å². The van der Waals surface area contributed by atoms with Crippen molar-refractivity contribution in [2.45, 2.75) is 25.3 Å². The average molecular weight is 432 g/mol. The number of methoxy groups -OCH3 is 3. The van der Waals surface area contributed by atoms with Crippen LogP contribution in [-0.4, -0.2) is 41.9 Å². The molecule has 0 fully saturated rings. The summed E-state index contributed by atoms with van der Waals surface area (Å²) in [5.74, 6) is 3.38. The Morgan fingerprint density at radius 2 is 1.72 bits per heavy atom. The van der Waals surface area contributed by atoms with E-state index in [4.69, 9.17) is 24.3 Å². The Kier molecular flexibility index (Phi) is 5.05. The summed E-state index contributed by atoms with van der Waals surface area (Å²) in [4.78, 5) is 17.8. The molecule has 3 aromatic rings. The van der Waals surface area contributed by atoms with Crippen molar-refractivity contribution in [2.75, 3.05) is 26.6 Å². The molecular formula is C24H24N4O4. The van der Waals surface area contributed by atoms with E-state index in [0.29, 0.717) is 35.3 Å². The van der Waals surface area contributed by atoms with Gasteiger partial charge in [0.15, 0.2) is 11.6 Å². The fraction of sp³-hybridized carbons (Fsp3) is 0.292. The van der Waals surface area contributed by atoms with Gasteiger partial charge in [-0.2, -0.15) is 4.98 Å². The van der Waals surface area contributed by atoms with E-state index in [1.165, 1.54) is 0 Å². The normalized spacial score (nSPS) is 17.3. The van der Waals surface area contributed by atoms with E-state index >= 15 is 0 Å². The molecule has 8 nitrogen and oxygen atoms in total. The number of hydrogen-bond donors (Lipinski definition) is 1. The van der Waals surface area contributed by atoms with Gasteiger partial charge in [0.05, 0.1) is 21.3 Å². The zero-order valence-electron chi connectivity index (χ0n) is 18.2. The molecule has 0 saturated carbocycles. The number of ketones is 1. The molecule has 32 heavy (non-hydrogen) atoms. The summed E-state index contributed by atoms with van der Waals surface area (Å²) < 4.78 is 18.2. The molecular weight excluding hydrogens is 408 g/mol. The smallest absolute Gasteiger partial charge is 0.226 e. The quantitative estimate of drug-likeness (QED) is 0.652. The van der Waals surface area contributed by atoms with Gasteiger partial charge < -0.3 is 19.5 Å². The van der Waals surface area contributed by atoms with Gasteiger partial charge in [-0.25, -0.2) is 4.68 Å². The zero-order valence-corrected chi connectivity index (χ0v) is 18.2. The lowest BCUT2D eigenvalue weighted by Crippen LogP contribution is -2.31. The molecule has 0 bridgehead atoms. The molecule has 1 aromatic heterocycles. The van der Waals surface area contributed by atoms with Gasteiger partial charge in [-0.3, -0.25) is 4.79 Å². The minimum Gasteiger partial charge on any atom is -0.497 e. The van der Waals surface area contributed by atoms with Crippen LogP contribution in [0, 0.1) is 0 Å². The largest absolute Gasteiger partial charge is 0.497 e. The summed E-state index contributed by atoms with van der Waals surface area (Å²) in [6.45, 7) is 0. The number of rotatable bonds is 5. The summed E-state index contributed by atoms with van der Waals surface area (Å²) >= 11 is 0. The monoisotopic (exact) mass is 432 g/mol. The first kappa shape index (κ1) is 20.1. The fourth-order valence-corrected chi connectivity index (χ4v) is 4.36. The number of carbonyl (C=O) groups is 1. The summed E-state index contributed by atoms with van der Waals surface area (Å²) in [7, 11) is 4.87. The van der Waals surface area contributed by atoms with Gasteiger partial charge in [-0.05, 0) is 55.3 Å². The second-order valence-corrected chi connectivity index (χ2v) is 7.74. The molecule has 1 atom stereocenters. The Morgan fingerprint density at radius 3 is 2.44 bits per heavy atom. The van der Waals surface area contributed by atoms with Crippen molar-refractivity contribution in [1.29, 1.82) is 0 Å². The number of Topliss-reactive ketones (excluding diaryl/α,β-unsaturated/α-hetero) is 1. The average Bonchev–Trinajstić information content (AvgIpc) is 3.26. The van der Waals surface area contributed by atoms with Gasteiger partial charge in [0.25, 0.3) is 0 Å². The summed E-state index contributed by atoms with van der Waals surface area (Å²) in [5, 5.41) is 8.17. The molecule has 0 spiro atoms. The van der Waals surface area contributed by atoms with Crippen LogP contribution in [0.3, 0.4) is 0 Å². The van der Waals surface area contributed by atoms with Crippen molar-refractivity contribution in [3.63, 3.8) is 0 Å². The maximum Gasteiger partial charge on any atom is 0.226 e. The van der Waals surface area contributed by atoms with Crippen LogP contribution < -0.4 is 19.5 Å². The Bertz CT molecular complexity index is 1210. The number of fused-ring (bicyclic) bond motifs is 1. The molecule has 8 heteroatoms. The minimum atomic E-state index is -0.460. The standard InChI is InChI=1S/C24H24N4O4/c1-30-15-9-7-14(8-10-15)23-26-24-25-18-5-4-6-19(29)21(18)22(28(24)27-23)17-13-16(31-2)11-12-20(17)32-3/h7-13,22H,4-6H2,1-3H3,(H,25,26,27)/t22-/m1/s1. The topological polar surface area (TPSA) is 87.5 Å². The summed E-state index contributed by atoms with van der Waals surface area (Å²) in [6.07, 6.45) is 2.11. The number of carbonyl (C=O) groups excluding carboxylic acids is 1. The Morgan fingerprint density at radius 1 is 0.969 bits per heavy atom. The molecule has 0 radical (unpaired) electrons. The molecule has 0 amide bonds. The number of benzene rings is 2. The molecule has 2 heterocycles. The van der Waals surface area contributed by atoms with Crippen molar-refractivity contribution >= 4 is 11.7 Å². The minimum absolute atomic E-state index is 0.112. The Balaban J connectivity index is 1.68. The van der Waals surface area contributed by atoms with Gasteiger partial charge in [-0.1, -0.05) is 0 Å². The number of nitrogens with one attached hydrogen (secondary N) is 1. The number of allylic oxidation sites excluding steroid dienone is 2. The van der Waals surface area contributed by atoms with E-state index in [0.717, 1.165) is 35.4 Å². The van der Waals surface area contributed by atoms with Crippen LogP contribution in [0.2, 0.25) is 0 Å². The highest BCUT2D eigenvalue weighted by atomic mass is 16.5. The van der Waals surface area contributed by atoms with Crippen molar-refractivity contribution in [1.82, 2.24) is 14.8 Å². The fourth-order valence-electron chi connectivity index (χ4n) is 4.36. The Labute approximate surface area is 185 Å². The van der Waals surface area contributed by atoms with E-state index in [9.17, 15) is 4.79 Å². The SMILES string of the molecule is COc1ccc(-c2nc3n(n2)[C@H](c2cc(OC)ccc2OC)C2=C(CCCC2=O)N3)cc1. The van der Waals surface area contributed by atoms with Crippen LogP contribution in [0.5, 0.6) is 17.2 Å². The molecule has 1 aliphatic heterocycles. The maximum atomic E-state index is 13.1. The lowest BCUT2D eigenvalue weighted by Gasteiger charge is -2.32. The van der Waals surface area contributed by atoms with Crippen molar-refractivity contribution in [3.8, 4) is 28.6 Å². The van der Waals surface area contributed by atoms with E-state index in [-0.39, 0.29) is 5.78 Å². The number of nitrogens with zero attached hydrogens (tertiary/aromatic N) is 3. The second-order valence-electron chi connectivity index (χ2n) is 7.74. The van der Waals surface area contributed by atoms with Crippen molar-refractivity contribution in [3.05, 3.63) is 59.3 Å². The second kappa shape index (κ2) is 8.03. The van der Waals surface area contributed by atoms with Gasteiger partial charge in [0, 0.05) is 28.8 Å². The first-order valence-electron chi connectivity index (χ1n) is 10.5. The molecule has 1 N–H and O–H groups in total. The van der Waals surface area contributed by atoms with Crippen LogP contribution in [0.4, 0.5) is 5.95 Å². The maximum absolute atomic E-state index is 13.1. The predicted molar refractivity (Wildman–Crippen MR) is 119 cm³/mol. The van der Waals surface area contributed by atoms with E-state index in [2.05, 4.69) is 5.32 Å². The third-order valence-corrected chi connectivity index (χ3v) is 5.95. The zero-order chi connectivity index (χ0) is 22.2. The van der Waals surface area contributed by atoms with Crippen LogP contribution in [0.25, 0.3) is 11.4 Å². The van der Waals surface area contributed by atoms with Crippen LogP contribution in [0.1, 0.15) is 30.9 Å². The lowest BCUT2D eigenvalue weighted by molar-refractivity contribution is -0.116. The third kappa shape index (κ3) is 3.28. The van der Waals surface area contributed by atoms with Crippen LogP contribution >= 0.6 is 0 Å². The van der Waals surface area contributed by atoms with Gasteiger partial charge >= 0.3 is 0 Å². The molecule has 0 saturated heterocycles. The highest BCUT2D eigenvalue weighted by Gasteiger charge is 2.38.